The number of carbonyl (C=O) groups excluding carboxylic acids is 1. The Morgan fingerprint density at radius 1 is 0.581 bits per heavy atom. The molecule has 4 aliphatic heterocycles. The lowest BCUT2D eigenvalue weighted by atomic mass is 9.84. The first-order valence-corrected chi connectivity index (χ1v) is 27.7. The topological polar surface area (TPSA) is 148 Å². The third kappa shape index (κ3) is 12.9. The number of aliphatic carboxylic acids is 2. The zero-order valence-corrected chi connectivity index (χ0v) is 45.4. The zero-order chi connectivity index (χ0) is 52.0. The SMILES string of the molecule is O=C(O)C(C1CCN(C(=O)/C=C/c2ccc(Cl)c(Cl)c2)CC1)N1CCC(c2c[nH]c3cc(Cl)ccc23)CC1.O=C(O)C(C1CCN(C(=S)Nc2cc(Cl)cc(Cl)c2)CC1)N1CCC(c2c[nH]c3ccccc23)CC1. The number of rotatable bonds is 11. The number of fused-ring (bicyclic) bond motifs is 2. The van der Waals surface area contributed by atoms with Gasteiger partial charge in [-0.3, -0.25) is 24.2 Å². The molecule has 6 aromatic rings. The largest absolute Gasteiger partial charge is 0.480 e. The molecule has 0 spiro atoms. The molecule has 74 heavy (non-hydrogen) atoms. The maximum Gasteiger partial charge on any atom is 0.321 e. The minimum Gasteiger partial charge on any atom is -0.480 e. The number of aromatic amines is 2. The van der Waals surface area contributed by atoms with E-state index in [1.54, 1.807) is 47.4 Å². The number of piperidine rings is 4. The van der Waals surface area contributed by atoms with Crippen LogP contribution in [0.5, 0.6) is 0 Å². The van der Waals surface area contributed by atoms with Crippen LogP contribution in [0.2, 0.25) is 25.1 Å². The molecule has 0 aliphatic carbocycles. The van der Waals surface area contributed by atoms with E-state index in [1.165, 1.54) is 28.0 Å². The van der Waals surface area contributed by atoms with Crippen LogP contribution >= 0.6 is 70.2 Å². The summed E-state index contributed by atoms with van der Waals surface area (Å²) >= 11 is 35.9. The highest BCUT2D eigenvalue weighted by atomic mass is 35.5. The van der Waals surface area contributed by atoms with Crippen LogP contribution < -0.4 is 5.32 Å². The van der Waals surface area contributed by atoms with Crippen molar-refractivity contribution in [3.63, 3.8) is 0 Å². The van der Waals surface area contributed by atoms with Crippen molar-refractivity contribution in [3.8, 4) is 0 Å². The molecular formula is C56H60Cl5N7O5S. The normalized spacial score (nSPS) is 18.9. The van der Waals surface area contributed by atoms with Gasteiger partial charge in [-0.25, -0.2) is 0 Å². The first-order chi connectivity index (χ1) is 35.7. The van der Waals surface area contributed by atoms with Gasteiger partial charge in [-0.1, -0.05) is 88.3 Å². The zero-order valence-electron chi connectivity index (χ0n) is 40.8. The monoisotopic (exact) mass is 1120 g/mol. The Labute approximate surface area is 461 Å². The van der Waals surface area contributed by atoms with E-state index >= 15 is 0 Å². The molecule has 2 atom stereocenters. The van der Waals surface area contributed by atoms with Crippen LogP contribution in [0.4, 0.5) is 5.69 Å². The van der Waals surface area contributed by atoms with Crippen LogP contribution in [0.25, 0.3) is 27.9 Å². The number of carbonyl (C=O) groups is 3. The van der Waals surface area contributed by atoms with Gasteiger partial charge in [0.15, 0.2) is 5.11 Å². The van der Waals surface area contributed by atoms with E-state index in [1.807, 2.05) is 18.2 Å². The Morgan fingerprint density at radius 2 is 1.11 bits per heavy atom. The van der Waals surface area contributed by atoms with Crippen molar-refractivity contribution in [2.45, 2.75) is 75.3 Å². The van der Waals surface area contributed by atoms with Crippen LogP contribution in [0, 0.1) is 11.8 Å². The number of amides is 1. The van der Waals surface area contributed by atoms with E-state index in [9.17, 15) is 24.6 Å². The lowest BCUT2D eigenvalue weighted by molar-refractivity contribution is -0.148. The van der Waals surface area contributed by atoms with Crippen molar-refractivity contribution in [3.05, 3.63) is 139 Å². The lowest BCUT2D eigenvalue weighted by Crippen LogP contribution is -2.52. The third-order valence-corrected chi connectivity index (χ3v) is 17.3. The van der Waals surface area contributed by atoms with Gasteiger partial charge in [-0.15, -0.1) is 0 Å². The van der Waals surface area contributed by atoms with Gasteiger partial charge in [-0.2, -0.15) is 0 Å². The van der Waals surface area contributed by atoms with Crippen LogP contribution in [-0.4, -0.2) is 127 Å². The summed E-state index contributed by atoms with van der Waals surface area (Å²) in [5.74, 6) is -0.603. The van der Waals surface area contributed by atoms with Crippen LogP contribution in [0.1, 0.15) is 79.9 Å². The molecule has 0 bridgehead atoms. The van der Waals surface area contributed by atoms with E-state index in [-0.39, 0.29) is 17.7 Å². The number of aromatic nitrogens is 2. The second kappa shape index (κ2) is 24.4. The molecule has 2 aromatic heterocycles. The molecule has 4 fully saturated rings. The molecular weight excluding hydrogens is 1060 g/mol. The second-order valence-corrected chi connectivity index (χ2v) is 22.5. The molecule has 1 amide bonds. The quantitative estimate of drug-likeness (QED) is 0.0627. The van der Waals surface area contributed by atoms with E-state index in [0.29, 0.717) is 68.0 Å². The number of para-hydroxylation sites is 1. The molecule has 2 unspecified atom stereocenters. The number of anilines is 1. The van der Waals surface area contributed by atoms with Gasteiger partial charge in [0.05, 0.1) is 10.0 Å². The highest BCUT2D eigenvalue weighted by Gasteiger charge is 2.40. The van der Waals surface area contributed by atoms with Crippen LogP contribution in [0.15, 0.2) is 97.3 Å². The average Bonchev–Trinajstić information content (AvgIpc) is 4.02. The first-order valence-electron chi connectivity index (χ1n) is 25.4. The molecule has 6 heterocycles. The fraction of sp³-hybridized carbons (Fsp3) is 0.393. The van der Waals surface area contributed by atoms with Crippen LogP contribution in [-0.2, 0) is 14.4 Å². The Morgan fingerprint density at radius 3 is 1.66 bits per heavy atom. The van der Waals surface area contributed by atoms with E-state index in [2.05, 4.69) is 66.6 Å². The number of thiocarbonyl (C=S) groups is 1. The average molecular weight is 1120 g/mol. The maximum atomic E-state index is 12.7. The first kappa shape index (κ1) is 54.0. The Balaban J connectivity index is 0.000000182. The van der Waals surface area contributed by atoms with Crippen molar-refractivity contribution in [2.24, 2.45) is 11.8 Å². The Kier molecular flexibility index (Phi) is 17.8. The fourth-order valence-electron chi connectivity index (χ4n) is 11.8. The van der Waals surface area contributed by atoms with Gasteiger partial charge in [0, 0.05) is 87.2 Å². The second-order valence-electron chi connectivity index (χ2n) is 20.0. The van der Waals surface area contributed by atoms with Gasteiger partial charge in [0.25, 0.3) is 0 Å². The number of nitrogens with one attached hydrogen (secondary N) is 3. The van der Waals surface area contributed by atoms with Crippen molar-refractivity contribution in [1.29, 1.82) is 0 Å². The number of H-pyrrole nitrogens is 2. The predicted molar refractivity (Wildman–Crippen MR) is 303 cm³/mol. The van der Waals surface area contributed by atoms with E-state index < -0.39 is 24.0 Å². The van der Waals surface area contributed by atoms with Gasteiger partial charge in [0.1, 0.15) is 12.1 Å². The summed E-state index contributed by atoms with van der Waals surface area (Å²) in [5, 5.41) is 29.3. The van der Waals surface area contributed by atoms with E-state index in [0.717, 1.165) is 100 Å². The van der Waals surface area contributed by atoms with Gasteiger partial charge in [-0.05, 0) is 185 Å². The van der Waals surface area contributed by atoms with Crippen LogP contribution in [0.3, 0.4) is 0 Å². The molecule has 390 valence electrons. The molecule has 18 heteroatoms. The highest BCUT2D eigenvalue weighted by Crippen LogP contribution is 2.38. The smallest absolute Gasteiger partial charge is 0.321 e. The van der Waals surface area contributed by atoms with Crippen molar-refractivity contribution >= 4 is 127 Å². The maximum absolute atomic E-state index is 12.7. The minimum atomic E-state index is -0.769. The number of nitrogens with zero attached hydrogens (tertiary/aromatic N) is 4. The molecule has 12 nitrogen and oxygen atoms in total. The molecule has 4 saturated heterocycles. The summed E-state index contributed by atoms with van der Waals surface area (Å²) in [6.07, 6.45) is 14.2. The third-order valence-electron chi connectivity index (χ3n) is 15.6. The Bertz CT molecular complexity index is 2990. The number of benzene rings is 4. The molecule has 5 N–H and O–H groups in total. The van der Waals surface area contributed by atoms with Gasteiger partial charge in [0.2, 0.25) is 5.91 Å². The van der Waals surface area contributed by atoms with Gasteiger partial charge < -0.3 is 35.3 Å². The number of halogens is 5. The molecule has 0 radical (unpaired) electrons. The number of likely N-dealkylation sites (tertiary alicyclic amines) is 4. The van der Waals surface area contributed by atoms with E-state index in [4.69, 9.17) is 70.2 Å². The number of carboxylic acid groups (broad SMARTS) is 2. The lowest BCUT2D eigenvalue weighted by Gasteiger charge is -2.42. The molecule has 4 aromatic carbocycles. The molecule has 10 rings (SSSR count). The Hall–Kier alpha value is -4.83. The number of carboxylic acids is 2. The molecule has 0 saturated carbocycles. The van der Waals surface area contributed by atoms with Crippen molar-refractivity contribution < 1.29 is 24.6 Å². The fourth-order valence-corrected chi connectivity index (χ4v) is 13.1. The molecule has 4 aliphatic rings. The van der Waals surface area contributed by atoms with Crippen molar-refractivity contribution in [1.82, 2.24) is 29.6 Å². The number of hydrogen-bond acceptors (Lipinski definition) is 6. The minimum absolute atomic E-state index is 0.0161. The predicted octanol–water partition coefficient (Wildman–Crippen LogP) is 12.9. The summed E-state index contributed by atoms with van der Waals surface area (Å²) in [6, 6.07) is 23.8. The summed E-state index contributed by atoms with van der Waals surface area (Å²) in [6.45, 7) is 5.63. The highest BCUT2D eigenvalue weighted by molar-refractivity contribution is 7.80. The summed E-state index contributed by atoms with van der Waals surface area (Å²) < 4.78 is 0. The summed E-state index contributed by atoms with van der Waals surface area (Å²) in [4.78, 5) is 52.4. The summed E-state index contributed by atoms with van der Waals surface area (Å²) in [7, 11) is 0. The van der Waals surface area contributed by atoms with Crippen molar-refractivity contribution in [2.75, 3.05) is 57.7 Å². The van der Waals surface area contributed by atoms with Gasteiger partial charge >= 0.3 is 11.9 Å². The standard InChI is InChI=1S/C29H30Cl3N3O3.C27H30Cl2N4O2S/c30-21-3-4-22-23(17-33-26(22)16-21)19-7-13-35(14-8-19)28(29(37)38)20-9-11-34(12-10-20)27(36)6-2-18-1-5-24(31)25(32)15-18;28-19-13-20(29)15-21(14-19)31-27(36)33-11-7-18(8-12-33)25(26(34)35)32-9-5-17(6-10-32)23-16-30-24-4-2-1-3-22(23)24/h1-6,15-17,19-20,28,33H,7-14H2,(H,37,38);1-4,13-18,25,30H,5-12H2,(H,31,36)(H,34,35)/b6-2+;. The number of hydrogen-bond donors (Lipinski definition) is 5. The summed E-state index contributed by atoms with van der Waals surface area (Å²) in [5.41, 5.74) is 6.38.